The second kappa shape index (κ2) is 8.07. The van der Waals surface area contributed by atoms with Crippen molar-refractivity contribution in [2.24, 2.45) is 0 Å². The number of hydrogen-bond acceptors (Lipinski definition) is 4. The van der Waals surface area contributed by atoms with Gasteiger partial charge in [0.15, 0.2) is 12.2 Å². The summed E-state index contributed by atoms with van der Waals surface area (Å²) in [6, 6.07) is 17.1. The van der Waals surface area contributed by atoms with E-state index in [9.17, 15) is 4.79 Å². The standard InChI is InChI=1S/C18H16IN3O2/c19-22-16(10-13-4-2-1-3-5-13)18(23)21-15-8-6-14(7-9-15)17-11-20-12-24-17/h1-9,11-12,16,22H,10H2,(H,21,23)/t16-/m0/s1. The van der Waals surface area contributed by atoms with Crippen molar-refractivity contribution in [2.75, 3.05) is 5.32 Å². The van der Waals surface area contributed by atoms with Crippen molar-refractivity contribution in [3.8, 4) is 11.3 Å². The van der Waals surface area contributed by atoms with Crippen LogP contribution in [-0.4, -0.2) is 16.9 Å². The number of hydrogen-bond donors (Lipinski definition) is 2. The molecule has 0 saturated carbocycles. The molecule has 0 unspecified atom stereocenters. The van der Waals surface area contributed by atoms with Crippen LogP contribution in [0.4, 0.5) is 5.69 Å². The van der Waals surface area contributed by atoms with Crippen LogP contribution in [0.1, 0.15) is 5.56 Å². The first-order valence-electron chi connectivity index (χ1n) is 7.46. The number of oxazole rings is 1. The maximum Gasteiger partial charge on any atom is 0.242 e. The summed E-state index contributed by atoms with van der Waals surface area (Å²) in [7, 11) is 0. The molecule has 0 spiro atoms. The third kappa shape index (κ3) is 4.21. The van der Waals surface area contributed by atoms with Gasteiger partial charge in [0, 0.05) is 34.1 Å². The molecule has 1 aromatic heterocycles. The molecule has 1 atom stereocenters. The molecule has 3 rings (SSSR count). The van der Waals surface area contributed by atoms with Crippen LogP contribution in [0.3, 0.4) is 0 Å². The Morgan fingerprint density at radius 2 is 1.88 bits per heavy atom. The summed E-state index contributed by atoms with van der Waals surface area (Å²) in [6.45, 7) is 0. The predicted molar refractivity (Wildman–Crippen MR) is 102 cm³/mol. The van der Waals surface area contributed by atoms with Gasteiger partial charge in [0.1, 0.15) is 0 Å². The molecule has 0 fully saturated rings. The second-order valence-electron chi connectivity index (χ2n) is 5.28. The van der Waals surface area contributed by atoms with Crippen LogP contribution >= 0.6 is 22.9 Å². The molecule has 0 aliphatic rings. The highest BCUT2D eigenvalue weighted by atomic mass is 127. The quantitative estimate of drug-likeness (QED) is 0.458. The molecule has 3 aromatic rings. The number of nitrogens with one attached hydrogen (secondary N) is 2. The van der Waals surface area contributed by atoms with Crippen molar-refractivity contribution in [1.82, 2.24) is 8.51 Å². The van der Waals surface area contributed by atoms with Crippen LogP contribution in [0.15, 0.2) is 71.6 Å². The van der Waals surface area contributed by atoms with Crippen LogP contribution in [0, 0.1) is 0 Å². The molecule has 0 saturated heterocycles. The Bertz CT molecular complexity index is 774. The number of nitrogens with zero attached hydrogens (tertiary/aromatic N) is 1. The van der Waals surface area contributed by atoms with Gasteiger partial charge >= 0.3 is 0 Å². The molecule has 24 heavy (non-hydrogen) atoms. The number of halogens is 1. The Morgan fingerprint density at radius 3 is 2.50 bits per heavy atom. The third-order valence-electron chi connectivity index (χ3n) is 3.60. The Kier molecular flexibility index (Phi) is 5.60. The van der Waals surface area contributed by atoms with Gasteiger partial charge in [-0.05, 0) is 36.2 Å². The van der Waals surface area contributed by atoms with E-state index in [0.29, 0.717) is 12.2 Å². The minimum atomic E-state index is -0.304. The van der Waals surface area contributed by atoms with Gasteiger partial charge in [0.25, 0.3) is 0 Å². The van der Waals surface area contributed by atoms with E-state index in [1.807, 2.05) is 77.5 Å². The molecule has 6 heteroatoms. The Balaban J connectivity index is 1.64. The summed E-state index contributed by atoms with van der Waals surface area (Å²) in [5.41, 5.74) is 2.77. The highest BCUT2D eigenvalue weighted by molar-refractivity contribution is 14.1. The lowest BCUT2D eigenvalue weighted by Gasteiger charge is -2.15. The van der Waals surface area contributed by atoms with Gasteiger partial charge in [-0.3, -0.25) is 4.79 Å². The van der Waals surface area contributed by atoms with Crippen LogP contribution in [0.25, 0.3) is 11.3 Å². The Hall–Kier alpha value is -2.19. The number of aromatic nitrogens is 1. The zero-order valence-electron chi connectivity index (χ0n) is 12.8. The van der Waals surface area contributed by atoms with Gasteiger partial charge in [0.2, 0.25) is 5.91 Å². The van der Waals surface area contributed by atoms with Crippen molar-refractivity contribution >= 4 is 34.5 Å². The zero-order valence-corrected chi connectivity index (χ0v) is 14.9. The number of carbonyl (C=O) groups excluding carboxylic acids is 1. The highest BCUT2D eigenvalue weighted by Gasteiger charge is 2.17. The first-order valence-corrected chi connectivity index (χ1v) is 8.54. The summed E-state index contributed by atoms with van der Waals surface area (Å²) in [5.74, 6) is 0.629. The molecule has 0 aliphatic heterocycles. The maximum atomic E-state index is 12.5. The fraction of sp³-hybridized carbons (Fsp3) is 0.111. The molecule has 0 aliphatic carbocycles. The number of anilines is 1. The second-order valence-corrected chi connectivity index (χ2v) is 5.91. The molecule has 5 nitrogen and oxygen atoms in total. The van der Waals surface area contributed by atoms with Crippen LogP contribution < -0.4 is 8.85 Å². The fourth-order valence-corrected chi connectivity index (χ4v) is 2.84. The SMILES string of the molecule is O=C(Nc1ccc(-c2cnco2)cc1)[C@H](Cc1ccccc1)NI. The number of carbonyl (C=O) groups is 1. The normalized spacial score (nSPS) is 11.9. The van der Waals surface area contributed by atoms with Gasteiger partial charge in [-0.15, -0.1) is 0 Å². The molecule has 1 heterocycles. The molecular weight excluding hydrogens is 417 g/mol. The van der Waals surface area contributed by atoms with Gasteiger partial charge < -0.3 is 9.73 Å². The summed E-state index contributed by atoms with van der Waals surface area (Å²) < 4.78 is 8.29. The molecule has 0 radical (unpaired) electrons. The van der Waals surface area contributed by atoms with Crippen LogP contribution in [0.2, 0.25) is 0 Å². The monoisotopic (exact) mass is 433 g/mol. The van der Waals surface area contributed by atoms with Crippen molar-refractivity contribution < 1.29 is 9.21 Å². The smallest absolute Gasteiger partial charge is 0.242 e. The van der Waals surface area contributed by atoms with Crippen LogP contribution in [0.5, 0.6) is 0 Å². The van der Waals surface area contributed by atoms with Gasteiger partial charge in [0.05, 0.1) is 12.2 Å². The lowest BCUT2D eigenvalue weighted by Crippen LogP contribution is -2.37. The summed E-state index contributed by atoms with van der Waals surface area (Å²) in [4.78, 5) is 16.4. The van der Waals surface area contributed by atoms with Gasteiger partial charge in [-0.2, -0.15) is 0 Å². The molecule has 122 valence electrons. The van der Waals surface area contributed by atoms with Crippen LogP contribution in [-0.2, 0) is 11.2 Å². The van der Waals surface area contributed by atoms with E-state index >= 15 is 0 Å². The average molecular weight is 433 g/mol. The van der Waals surface area contributed by atoms with Crippen molar-refractivity contribution in [3.05, 3.63) is 72.8 Å². The lowest BCUT2D eigenvalue weighted by molar-refractivity contribution is -0.117. The summed E-state index contributed by atoms with van der Waals surface area (Å²) >= 11 is 2.02. The van der Waals surface area contributed by atoms with E-state index < -0.39 is 0 Å². The average Bonchev–Trinajstić information content (AvgIpc) is 3.16. The van der Waals surface area contributed by atoms with E-state index in [-0.39, 0.29) is 11.9 Å². The highest BCUT2D eigenvalue weighted by Crippen LogP contribution is 2.21. The molecule has 2 aromatic carbocycles. The minimum Gasteiger partial charge on any atom is -0.444 e. The van der Waals surface area contributed by atoms with Gasteiger partial charge in [-0.25, -0.2) is 8.51 Å². The topological polar surface area (TPSA) is 67.2 Å². The fourth-order valence-electron chi connectivity index (χ4n) is 2.34. The first kappa shape index (κ1) is 16.7. The lowest BCUT2D eigenvalue weighted by atomic mass is 10.1. The van der Waals surface area contributed by atoms with Crippen molar-refractivity contribution in [2.45, 2.75) is 12.5 Å². The molecule has 2 N–H and O–H groups in total. The number of rotatable bonds is 6. The van der Waals surface area contributed by atoms with Crippen molar-refractivity contribution in [3.63, 3.8) is 0 Å². The summed E-state index contributed by atoms with van der Waals surface area (Å²) in [5, 5.41) is 2.93. The molecular formula is C18H16IN3O2. The Labute approximate surface area is 154 Å². The minimum absolute atomic E-state index is 0.0688. The predicted octanol–water partition coefficient (Wildman–Crippen LogP) is 3.83. The Morgan fingerprint density at radius 1 is 1.12 bits per heavy atom. The van der Waals surface area contributed by atoms with Crippen molar-refractivity contribution in [1.29, 1.82) is 0 Å². The maximum absolute atomic E-state index is 12.5. The van der Waals surface area contributed by atoms with Gasteiger partial charge in [-0.1, -0.05) is 30.3 Å². The van der Waals surface area contributed by atoms with E-state index in [0.717, 1.165) is 16.8 Å². The largest absolute Gasteiger partial charge is 0.444 e. The first-order chi connectivity index (χ1) is 11.8. The number of amides is 1. The van der Waals surface area contributed by atoms with E-state index in [1.54, 1.807) is 6.20 Å². The third-order valence-corrected chi connectivity index (χ3v) is 4.35. The zero-order chi connectivity index (χ0) is 16.8. The molecule has 0 bridgehead atoms. The number of benzene rings is 2. The molecule has 1 amide bonds. The van der Waals surface area contributed by atoms with E-state index in [2.05, 4.69) is 13.8 Å². The van der Waals surface area contributed by atoms with E-state index in [1.165, 1.54) is 6.39 Å². The van der Waals surface area contributed by atoms with E-state index in [4.69, 9.17) is 4.42 Å². The summed E-state index contributed by atoms with van der Waals surface area (Å²) in [6.07, 6.45) is 3.68.